The third-order valence-corrected chi connectivity index (χ3v) is 3.96. The van der Waals surface area contributed by atoms with E-state index in [2.05, 4.69) is 15.4 Å². The van der Waals surface area contributed by atoms with Gasteiger partial charge in [0.2, 0.25) is 5.91 Å². The number of hydrogen-bond donors (Lipinski definition) is 2. The van der Waals surface area contributed by atoms with Crippen LogP contribution in [0.1, 0.15) is 35.2 Å². The molecule has 26 heavy (non-hydrogen) atoms. The quantitative estimate of drug-likeness (QED) is 0.749. The maximum absolute atomic E-state index is 12.5. The fourth-order valence-electron chi connectivity index (χ4n) is 2.52. The number of carbonyl (C=O) groups is 3. The van der Waals surface area contributed by atoms with E-state index < -0.39 is 5.97 Å². The lowest BCUT2D eigenvalue weighted by Gasteiger charge is -2.15. The number of hydrogen-bond acceptors (Lipinski definition) is 4. The molecule has 6 heteroatoms. The number of nitrogens with one attached hydrogen (secondary N) is 2. The molecular weight excluding hydrogens is 332 g/mol. The maximum Gasteiger partial charge on any atom is 0.325 e. The normalized spacial score (nSPS) is 11.3. The number of carbonyl (C=O) groups excluding carboxylic acids is 3. The number of amides is 2. The van der Waals surface area contributed by atoms with Gasteiger partial charge < -0.3 is 15.4 Å². The van der Waals surface area contributed by atoms with Crippen LogP contribution in [0.3, 0.4) is 0 Å². The maximum atomic E-state index is 12.5. The minimum absolute atomic E-state index is 0.0957. The molecule has 2 aromatic rings. The van der Waals surface area contributed by atoms with Crippen LogP contribution in [0.15, 0.2) is 54.6 Å². The summed E-state index contributed by atoms with van der Waals surface area (Å²) in [6.07, 6.45) is 0.684. The summed E-state index contributed by atoms with van der Waals surface area (Å²) in [6.45, 7) is 1.77. The van der Waals surface area contributed by atoms with Crippen molar-refractivity contribution in [1.82, 2.24) is 5.32 Å². The van der Waals surface area contributed by atoms with Crippen LogP contribution in [0.2, 0.25) is 0 Å². The molecule has 0 heterocycles. The molecule has 0 aromatic heterocycles. The molecule has 0 radical (unpaired) electrons. The molecule has 136 valence electrons. The predicted molar refractivity (Wildman–Crippen MR) is 98.9 cm³/mol. The Morgan fingerprint density at radius 3 is 2.23 bits per heavy atom. The second kappa shape index (κ2) is 9.36. The summed E-state index contributed by atoms with van der Waals surface area (Å²) in [7, 11) is 1.25. The van der Waals surface area contributed by atoms with Crippen molar-refractivity contribution < 1.29 is 19.1 Å². The molecule has 0 saturated carbocycles. The van der Waals surface area contributed by atoms with Crippen LogP contribution in [0.25, 0.3) is 0 Å². The van der Waals surface area contributed by atoms with E-state index in [1.54, 1.807) is 24.3 Å². The van der Waals surface area contributed by atoms with Gasteiger partial charge in [0, 0.05) is 11.3 Å². The van der Waals surface area contributed by atoms with Crippen molar-refractivity contribution in [3.8, 4) is 0 Å². The van der Waals surface area contributed by atoms with Gasteiger partial charge in [-0.2, -0.15) is 0 Å². The summed E-state index contributed by atoms with van der Waals surface area (Å²) >= 11 is 0. The number of rotatable bonds is 7. The molecule has 0 aliphatic rings. The van der Waals surface area contributed by atoms with Gasteiger partial charge in [-0.05, 0) is 36.2 Å². The fraction of sp³-hybridized carbons (Fsp3) is 0.250. The van der Waals surface area contributed by atoms with E-state index in [4.69, 9.17) is 0 Å². The second-order valence-electron chi connectivity index (χ2n) is 5.70. The first kappa shape index (κ1) is 19.2. The summed E-state index contributed by atoms with van der Waals surface area (Å²) in [5.41, 5.74) is 1.96. The zero-order chi connectivity index (χ0) is 18.9. The van der Waals surface area contributed by atoms with Gasteiger partial charge in [-0.25, -0.2) is 0 Å². The van der Waals surface area contributed by atoms with E-state index in [1.807, 2.05) is 37.3 Å². The number of benzene rings is 2. The molecule has 2 rings (SSSR count). The highest BCUT2D eigenvalue weighted by Gasteiger charge is 2.18. The summed E-state index contributed by atoms with van der Waals surface area (Å²) in [4.78, 5) is 35.5. The van der Waals surface area contributed by atoms with Crippen molar-refractivity contribution in [2.75, 3.05) is 19.0 Å². The third kappa shape index (κ3) is 5.17. The summed E-state index contributed by atoms with van der Waals surface area (Å²) in [5.74, 6) is -1.24. The predicted octanol–water partition coefficient (Wildman–Crippen LogP) is 2.72. The molecule has 1 unspecified atom stereocenters. The average Bonchev–Trinajstić information content (AvgIpc) is 2.67. The Bertz CT molecular complexity index is 757. The van der Waals surface area contributed by atoms with Crippen LogP contribution in [-0.4, -0.2) is 31.4 Å². The minimum Gasteiger partial charge on any atom is -0.468 e. The van der Waals surface area contributed by atoms with Crippen molar-refractivity contribution >= 4 is 23.5 Å². The molecular formula is C20H22N2O4. The zero-order valence-corrected chi connectivity index (χ0v) is 14.8. The summed E-state index contributed by atoms with van der Waals surface area (Å²) in [6, 6.07) is 16.1. The monoisotopic (exact) mass is 354 g/mol. The molecule has 2 amide bonds. The Kier molecular flexibility index (Phi) is 6.91. The molecule has 1 atom stereocenters. The molecule has 2 N–H and O–H groups in total. The van der Waals surface area contributed by atoms with E-state index in [-0.39, 0.29) is 24.3 Å². The molecule has 0 aliphatic heterocycles. The van der Waals surface area contributed by atoms with E-state index in [1.165, 1.54) is 7.11 Å². The van der Waals surface area contributed by atoms with Crippen molar-refractivity contribution in [3.05, 3.63) is 65.7 Å². The van der Waals surface area contributed by atoms with Gasteiger partial charge >= 0.3 is 5.97 Å². The minimum atomic E-state index is -0.520. The van der Waals surface area contributed by atoms with Crippen LogP contribution in [-0.2, 0) is 14.3 Å². The van der Waals surface area contributed by atoms with Crippen molar-refractivity contribution in [1.29, 1.82) is 0 Å². The lowest BCUT2D eigenvalue weighted by molar-refractivity contribution is -0.139. The van der Waals surface area contributed by atoms with Crippen LogP contribution in [0.4, 0.5) is 5.69 Å². The van der Waals surface area contributed by atoms with Gasteiger partial charge in [0.15, 0.2) is 0 Å². The van der Waals surface area contributed by atoms with Gasteiger partial charge in [0.1, 0.15) is 6.54 Å². The highest BCUT2D eigenvalue weighted by Crippen LogP contribution is 2.21. The number of methoxy groups -OCH3 is 1. The van der Waals surface area contributed by atoms with Crippen molar-refractivity contribution in [2.24, 2.45) is 0 Å². The first-order chi connectivity index (χ1) is 12.5. The number of ether oxygens (including phenoxy) is 1. The van der Waals surface area contributed by atoms with E-state index >= 15 is 0 Å². The highest BCUT2D eigenvalue weighted by molar-refractivity contribution is 5.98. The topological polar surface area (TPSA) is 84.5 Å². The summed E-state index contributed by atoms with van der Waals surface area (Å²) < 4.78 is 4.47. The standard InChI is InChI=1S/C20H22N2O4/c1-3-17(14-7-5-4-6-8-14)20(25)22-16-11-9-15(10-12-16)19(24)21-13-18(23)26-2/h4-12,17H,3,13H2,1-2H3,(H,21,24)(H,22,25). The average molecular weight is 354 g/mol. The fourth-order valence-corrected chi connectivity index (χ4v) is 2.52. The molecule has 0 aliphatic carbocycles. The molecule has 6 nitrogen and oxygen atoms in total. The van der Waals surface area contributed by atoms with Crippen LogP contribution in [0.5, 0.6) is 0 Å². The number of esters is 1. The zero-order valence-electron chi connectivity index (χ0n) is 14.8. The number of anilines is 1. The largest absolute Gasteiger partial charge is 0.468 e. The lowest BCUT2D eigenvalue weighted by atomic mass is 9.95. The Balaban J connectivity index is 1.98. The first-order valence-corrected chi connectivity index (χ1v) is 8.36. The SMILES string of the molecule is CCC(C(=O)Nc1ccc(C(=O)NCC(=O)OC)cc1)c1ccccc1. The Morgan fingerprint density at radius 1 is 1.00 bits per heavy atom. The van der Waals surface area contributed by atoms with Crippen LogP contribution in [0, 0.1) is 0 Å². The molecule has 2 aromatic carbocycles. The van der Waals surface area contributed by atoms with Gasteiger partial charge in [-0.1, -0.05) is 37.3 Å². The Hall–Kier alpha value is -3.15. The van der Waals surface area contributed by atoms with E-state index in [0.717, 1.165) is 5.56 Å². The smallest absolute Gasteiger partial charge is 0.325 e. The highest BCUT2D eigenvalue weighted by atomic mass is 16.5. The van der Waals surface area contributed by atoms with Crippen molar-refractivity contribution in [2.45, 2.75) is 19.3 Å². The molecule has 0 fully saturated rings. The second-order valence-corrected chi connectivity index (χ2v) is 5.70. The Morgan fingerprint density at radius 2 is 1.65 bits per heavy atom. The third-order valence-electron chi connectivity index (χ3n) is 3.96. The van der Waals surface area contributed by atoms with Gasteiger partial charge in [0.05, 0.1) is 13.0 Å². The summed E-state index contributed by atoms with van der Waals surface area (Å²) in [5, 5.41) is 5.33. The van der Waals surface area contributed by atoms with Crippen LogP contribution < -0.4 is 10.6 Å². The van der Waals surface area contributed by atoms with E-state index in [9.17, 15) is 14.4 Å². The van der Waals surface area contributed by atoms with E-state index in [0.29, 0.717) is 17.7 Å². The Labute approximate surface area is 152 Å². The molecule has 0 saturated heterocycles. The van der Waals surface area contributed by atoms with Gasteiger partial charge in [-0.15, -0.1) is 0 Å². The van der Waals surface area contributed by atoms with Crippen LogP contribution >= 0.6 is 0 Å². The first-order valence-electron chi connectivity index (χ1n) is 8.36. The van der Waals surface area contributed by atoms with Gasteiger partial charge in [-0.3, -0.25) is 14.4 Å². The molecule has 0 bridgehead atoms. The lowest BCUT2D eigenvalue weighted by Crippen LogP contribution is -2.30. The van der Waals surface area contributed by atoms with Gasteiger partial charge in [0.25, 0.3) is 5.91 Å². The van der Waals surface area contributed by atoms with Crippen molar-refractivity contribution in [3.63, 3.8) is 0 Å². The molecule has 0 spiro atoms.